The van der Waals surface area contributed by atoms with Gasteiger partial charge < -0.3 is 26.6 Å². The van der Waals surface area contributed by atoms with E-state index in [9.17, 15) is 4.79 Å². The molecule has 0 amide bonds. The van der Waals surface area contributed by atoms with Gasteiger partial charge in [-0.15, -0.1) is 0 Å². The Balaban J connectivity index is 7.03. The van der Waals surface area contributed by atoms with Crippen molar-refractivity contribution in [3.05, 3.63) is 0 Å². The summed E-state index contributed by atoms with van der Waals surface area (Å²) < 4.78 is 39.6. The predicted molar refractivity (Wildman–Crippen MR) is 172 cm³/mol. The second-order valence-corrected chi connectivity index (χ2v) is 42.6. The van der Waals surface area contributed by atoms with Gasteiger partial charge in [-0.2, -0.15) is 0 Å². The summed E-state index contributed by atoms with van der Waals surface area (Å²) in [5, 5.41) is 0. The summed E-state index contributed by atoms with van der Waals surface area (Å²) in [7, 11) is -12.5. The molecule has 0 aromatic carbocycles. The monoisotopic (exact) mass is 628 g/mol. The third-order valence-corrected chi connectivity index (χ3v) is 10.0. The van der Waals surface area contributed by atoms with Crippen LogP contribution in [0.4, 0.5) is 0 Å². The maximum atomic E-state index is 13.8. The molecule has 0 heterocycles. The molecule has 0 aliphatic carbocycles. The maximum absolute atomic E-state index is 13.8. The topological polar surface area (TPSA) is 72.5 Å². The van der Waals surface area contributed by atoms with Crippen LogP contribution in [0.1, 0.15) is 0 Å². The molecule has 0 aromatic heterocycles. The Morgan fingerprint density at radius 2 is 0.865 bits per heavy atom. The van der Waals surface area contributed by atoms with E-state index in [4.69, 9.17) is 26.6 Å². The first-order valence-corrected chi connectivity index (χ1v) is 34.0. The summed E-state index contributed by atoms with van der Waals surface area (Å²) in [6.45, 7) is 38.6. The number of hydrogen-bond acceptors (Lipinski definition) is 7. The maximum Gasteiger partial charge on any atom is 0.323 e. The molecule has 0 aromatic rings. The molecule has 0 saturated carbocycles. The van der Waals surface area contributed by atoms with Gasteiger partial charge in [0.2, 0.25) is 8.32 Å². The Morgan fingerprint density at radius 3 is 1.19 bits per heavy atom. The van der Waals surface area contributed by atoms with E-state index in [1.165, 1.54) is 0 Å². The lowest BCUT2D eigenvalue weighted by Gasteiger charge is -2.45. The van der Waals surface area contributed by atoms with Crippen LogP contribution in [-0.2, 0) is 31.4 Å². The summed E-state index contributed by atoms with van der Waals surface area (Å²) in [5.41, 5.74) is 0. The zero-order valence-electron chi connectivity index (χ0n) is 27.4. The highest BCUT2D eigenvalue weighted by Gasteiger charge is 2.48. The van der Waals surface area contributed by atoms with Crippen molar-refractivity contribution < 1.29 is 31.4 Å². The van der Waals surface area contributed by atoms with Gasteiger partial charge >= 0.3 is 5.97 Å². The van der Waals surface area contributed by atoms with Crippen LogP contribution in [0, 0.1) is 0 Å². The number of carbonyl (C=O) groups excluding carboxylic acids is 1. The highest BCUT2D eigenvalue weighted by molar-refractivity contribution is 6.72. The van der Waals surface area contributed by atoms with Crippen molar-refractivity contribution >= 4 is 55.9 Å². The zero-order chi connectivity index (χ0) is 29.8. The average Bonchev–Trinajstić information content (AvgIpc) is 2.54. The van der Waals surface area contributed by atoms with E-state index in [0.717, 1.165) is 0 Å². The van der Waals surface area contributed by atoms with Crippen molar-refractivity contribution in [2.75, 3.05) is 6.61 Å². The summed E-state index contributed by atoms with van der Waals surface area (Å²) in [6, 6.07) is 0. The zero-order valence-corrected chi connectivity index (χ0v) is 33.4. The molecule has 0 radical (unpaired) electrons. The standard InChI is InChI=1S/C24H60O7Si6/c1-32(2,3)26-19-20(27-33(4,5)6)21(28-34(7,8)9)22(29-35(10,11)12)23(30-36(13,14)15)24(25)31-37(16,17)18/h20-23H,19H2,1-18H3/t20-,21-,22-,23-/m1/s1. The SMILES string of the molecule is C[Si](C)(C)OC[C@@H](O[Si](C)(C)C)[C@@H](O[Si](C)(C)C)[C@@H](O[Si](C)(C)C)[C@@H](O[Si](C)(C)C)C(=O)O[Si](C)(C)C. The normalized spacial score (nSPS) is 17.8. The molecule has 7 nitrogen and oxygen atoms in total. The molecule has 0 spiro atoms. The summed E-state index contributed by atoms with van der Waals surface area (Å²) in [4.78, 5) is 13.8. The van der Waals surface area contributed by atoms with E-state index in [2.05, 4.69) is 98.2 Å². The first-order valence-electron chi connectivity index (χ1n) is 13.6. The van der Waals surface area contributed by atoms with Crippen LogP contribution >= 0.6 is 0 Å². The van der Waals surface area contributed by atoms with Crippen LogP contribution < -0.4 is 0 Å². The quantitative estimate of drug-likeness (QED) is 0.169. The van der Waals surface area contributed by atoms with E-state index >= 15 is 0 Å². The highest BCUT2D eigenvalue weighted by atomic mass is 28.4. The van der Waals surface area contributed by atoms with E-state index in [1.807, 2.05) is 19.6 Å². The van der Waals surface area contributed by atoms with Gasteiger partial charge in [-0.1, -0.05) is 0 Å². The van der Waals surface area contributed by atoms with Gasteiger partial charge in [0.1, 0.15) is 12.2 Å². The average molecular weight is 629 g/mol. The molecule has 13 heteroatoms. The number of carbonyl (C=O) groups is 1. The third kappa shape index (κ3) is 19.3. The molecule has 0 rings (SSSR count). The second kappa shape index (κ2) is 13.5. The van der Waals surface area contributed by atoms with Crippen LogP contribution in [0.3, 0.4) is 0 Å². The Hall–Kier alpha value is 0.571. The third-order valence-electron chi connectivity index (χ3n) is 4.27. The second-order valence-electron chi connectivity index (χ2n) is 15.8. The van der Waals surface area contributed by atoms with Crippen molar-refractivity contribution in [1.82, 2.24) is 0 Å². The fraction of sp³-hybridized carbons (Fsp3) is 0.958. The molecule has 222 valence electrons. The van der Waals surface area contributed by atoms with Gasteiger partial charge in [-0.25, -0.2) is 0 Å². The van der Waals surface area contributed by atoms with Gasteiger partial charge in [0, 0.05) is 0 Å². The fourth-order valence-electron chi connectivity index (χ4n) is 3.44. The molecule has 0 fully saturated rings. The van der Waals surface area contributed by atoms with Crippen molar-refractivity contribution in [2.45, 2.75) is 142 Å². The molecule has 0 aliphatic rings. The van der Waals surface area contributed by atoms with Gasteiger partial charge in [-0.05, 0) is 118 Å². The lowest BCUT2D eigenvalue weighted by atomic mass is 10.0. The van der Waals surface area contributed by atoms with Crippen LogP contribution in [0.2, 0.25) is 118 Å². The van der Waals surface area contributed by atoms with E-state index in [1.54, 1.807) is 0 Å². The van der Waals surface area contributed by atoms with Gasteiger partial charge in [0.15, 0.2) is 47.7 Å². The molecule has 0 unspecified atom stereocenters. The highest BCUT2D eigenvalue weighted by Crippen LogP contribution is 2.29. The fourth-order valence-corrected chi connectivity index (χ4v) is 9.11. The number of rotatable bonds is 16. The first kappa shape index (κ1) is 37.6. The van der Waals surface area contributed by atoms with Crippen LogP contribution in [0.15, 0.2) is 0 Å². The molecular weight excluding hydrogens is 569 g/mol. The largest absolute Gasteiger partial charge is 0.518 e. The molecule has 37 heavy (non-hydrogen) atoms. The van der Waals surface area contributed by atoms with Crippen LogP contribution in [0.5, 0.6) is 0 Å². The minimum atomic E-state index is -2.18. The molecule has 4 atom stereocenters. The molecular formula is C24H60O7Si6. The van der Waals surface area contributed by atoms with E-state index < -0.39 is 68.2 Å². The Kier molecular flexibility index (Phi) is 13.7. The number of hydrogen-bond donors (Lipinski definition) is 0. The van der Waals surface area contributed by atoms with Gasteiger partial charge in [0.25, 0.3) is 0 Å². The summed E-state index contributed by atoms with van der Waals surface area (Å²) >= 11 is 0. The predicted octanol–water partition coefficient (Wildman–Crippen LogP) is 7.10. The van der Waals surface area contributed by atoms with Crippen molar-refractivity contribution in [2.24, 2.45) is 0 Å². The smallest absolute Gasteiger partial charge is 0.323 e. The van der Waals surface area contributed by atoms with Crippen LogP contribution in [0.25, 0.3) is 0 Å². The van der Waals surface area contributed by atoms with Gasteiger partial charge in [0.05, 0.1) is 12.7 Å². The molecule has 0 bridgehead atoms. The summed E-state index contributed by atoms with van der Waals surface area (Å²) in [5.74, 6) is -0.355. The van der Waals surface area contributed by atoms with E-state index in [-0.39, 0.29) is 12.1 Å². The van der Waals surface area contributed by atoms with Crippen molar-refractivity contribution in [3.63, 3.8) is 0 Å². The summed E-state index contributed by atoms with van der Waals surface area (Å²) in [6.07, 6.45) is -2.48. The Morgan fingerprint density at radius 1 is 0.486 bits per heavy atom. The van der Waals surface area contributed by atoms with E-state index in [0.29, 0.717) is 6.61 Å². The lowest BCUT2D eigenvalue weighted by Crippen LogP contribution is -2.61. The van der Waals surface area contributed by atoms with Crippen molar-refractivity contribution in [1.29, 1.82) is 0 Å². The molecule has 0 aliphatic heterocycles. The minimum Gasteiger partial charge on any atom is -0.518 e. The Bertz CT molecular complexity index is 710. The van der Waals surface area contributed by atoms with Gasteiger partial charge in [-0.3, -0.25) is 4.79 Å². The van der Waals surface area contributed by atoms with Crippen LogP contribution in [-0.4, -0.2) is 86.9 Å². The van der Waals surface area contributed by atoms with Crippen molar-refractivity contribution in [3.8, 4) is 0 Å². The minimum absolute atomic E-state index is 0.355. The molecule has 0 N–H and O–H groups in total. The first-order chi connectivity index (χ1) is 16.0. The lowest BCUT2D eigenvalue weighted by molar-refractivity contribution is -0.155. The molecule has 0 saturated heterocycles. The Labute approximate surface area is 235 Å².